The number of hydrogen-bond acceptors (Lipinski definition) is 4. The van der Waals surface area contributed by atoms with Crippen molar-refractivity contribution in [2.75, 3.05) is 19.0 Å². The first kappa shape index (κ1) is 20.6. The van der Waals surface area contributed by atoms with E-state index in [0.29, 0.717) is 5.56 Å². The maximum Gasteiger partial charge on any atom is 0.418 e. The predicted molar refractivity (Wildman–Crippen MR) is 93.6 cm³/mol. The number of ether oxygens (including phenoxy) is 2. The molecule has 0 aliphatic heterocycles. The lowest BCUT2D eigenvalue weighted by atomic mass is 10.1. The Kier molecular flexibility index (Phi) is 6.32. The number of hydrogen-bond donors (Lipinski definition) is 1. The maximum atomic E-state index is 13.0. The smallest absolute Gasteiger partial charge is 0.418 e. The second kappa shape index (κ2) is 8.30. The molecule has 0 saturated carbocycles. The molecule has 5 nitrogen and oxygen atoms in total. The summed E-state index contributed by atoms with van der Waals surface area (Å²) in [6.45, 7) is 0.822. The third-order valence-corrected chi connectivity index (χ3v) is 3.73. The van der Waals surface area contributed by atoms with Gasteiger partial charge in [-0.25, -0.2) is 0 Å². The van der Waals surface area contributed by atoms with Crippen molar-refractivity contribution in [2.24, 2.45) is 0 Å². The van der Waals surface area contributed by atoms with E-state index < -0.39 is 29.9 Å². The Morgan fingerprint density at radius 3 is 2.41 bits per heavy atom. The van der Waals surface area contributed by atoms with Gasteiger partial charge in [0.25, 0.3) is 5.91 Å². The van der Waals surface area contributed by atoms with Crippen LogP contribution in [-0.4, -0.2) is 25.4 Å². The van der Waals surface area contributed by atoms with E-state index in [1.165, 1.54) is 38.3 Å². The number of amides is 1. The van der Waals surface area contributed by atoms with E-state index in [2.05, 4.69) is 5.32 Å². The first-order chi connectivity index (χ1) is 12.6. The van der Waals surface area contributed by atoms with Gasteiger partial charge in [0.05, 0.1) is 18.4 Å². The van der Waals surface area contributed by atoms with E-state index in [0.717, 1.165) is 12.1 Å². The van der Waals surface area contributed by atoms with Crippen molar-refractivity contribution >= 4 is 29.0 Å². The molecule has 0 aliphatic carbocycles. The van der Waals surface area contributed by atoms with Crippen molar-refractivity contribution < 1.29 is 32.2 Å². The maximum absolute atomic E-state index is 13.0. The average molecular weight is 402 g/mol. The van der Waals surface area contributed by atoms with Crippen LogP contribution in [0.15, 0.2) is 36.4 Å². The summed E-state index contributed by atoms with van der Waals surface area (Å²) in [5.74, 6) is -0.594. The molecule has 1 N–H and O–H groups in total. The first-order valence-corrected chi connectivity index (χ1v) is 7.98. The number of carbonyl (C=O) groups is 2. The number of carbonyl (C=O) groups excluding carboxylic acids is 2. The molecule has 0 heterocycles. The van der Waals surface area contributed by atoms with Crippen molar-refractivity contribution in [3.05, 3.63) is 52.5 Å². The number of anilines is 1. The van der Waals surface area contributed by atoms with Gasteiger partial charge in [-0.3, -0.25) is 9.59 Å². The van der Waals surface area contributed by atoms with Gasteiger partial charge >= 0.3 is 6.18 Å². The monoisotopic (exact) mass is 401 g/mol. The topological polar surface area (TPSA) is 64.6 Å². The molecule has 0 atom stereocenters. The van der Waals surface area contributed by atoms with E-state index in [1.807, 2.05) is 0 Å². The van der Waals surface area contributed by atoms with Crippen LogP contribution in [0, 0.1) is 0 Å². The number of benzene rings is 2. The van der Waals surface area contributed by atoms with E-state index in [9.17, 15) is 22.8 Å². The Morgan fingerprint density at radius 2 is 1.81 bits per heavy atom. The highest BCUT2D eigenvalue weighted by atomic mass is 35.5. The molecule has 27 heavy (non-hydrogen) atoms. The van der Waals surface area contributed by atoms with Gasteiger partial charge < -0.3 is 14.8 Å². The molecule has 2 aromatic rings. The third kappa shape index (κ3) is 5.37. The third-order valence-electron chi connectivity index (χ3n) is 3.49. The molecule has 0 saturated heterocycles. The molecule has 144 valence electrons. The van der Waals surface area contributed by atoms with Crippen LogP contribution in [0.4, 0.5) is 18.9 Å². The van der Waals surface area contributed by atoms with Crippen LogP contribution in [0.2, 0.25) is 5.02 Å². The number of alkyl halides is 3. The van der Waals surface area contributed by atoms with Crippen molar-refractivity contribution in [2.45, 2.75) is 13.1 Å². The molecule has 0 spiro atoms. The van der Waals surface area contributed by atoms with Gasteiger partial charge in [-0.2, -0.15) is 13.2 Å². The Hall–Kier alpha value is -2.74. The highest BCUT2D eigenvalue weighted by Gasteiger charge is 2.34. The van der Waals surface area contributed by atoms with Crippen LogP contribution in [0.1, 0.15) is 22.8 Å². The molecule has 0 radical (unpaired) electrons. The number of methoxy groups -OCH3 is 1. The summed E-state index contributed by atoms with van der Waals surface area (Å²) in [5, 5.41) is 2.04. The fourth-order valence-electron chi connectivity index (χ4n) is 2.20. The van der Waals surface area contributed by atoms with Gasteiger partial charge in [-0.1, -0.05) is 11.6 Å². The molecule has 0 unspecified atom stereocenters. The zero-order chi connectivity index (χ0) is 20.2. The number of ketones is 1. The van der Waals surface area contributed by atoms with Gasteiger partial charge in [0.1, 0.15) is 0 Å². The van der Waals surface area contributed by atoms with Crippen molar-refractivity contribution in [1.29, 1.82) is 0 Å². The molecule has 1 amide bonds. The molecule has 2 aromatic carbocycles. The zero-order valence-corrected chi connectivity index (χ0v) is 15.1. The van der Waals surface area contributed by atoms with Gasteiger partial charge in [-0.05, 0) is 43.3 Å². The summed E-state index contributed by atoms with van der Waals surface area (Å²) in [7, 11) is 1.36. The molecular formula is C18H15ClF3NO4. The fourth-order valence-corrected chi connectivity index (χ4v) is 2.37. The summed E-state index contributed by atoms with van der Waals surface area (Å²) in [4.78, 5) is 23.4. The van der Waals surface area contributed by atoms with Crippen LogP contribution in [0.3, 0.4) is 0 Å². The van der Waals surface area contributed by atoms with Gasteiger partial charge in [0, 0.05) is 10.6 Å². The Labute approximate surface area is 158 Å². The molecule has 0 fully saturated rings. The van der Waals surface area contributed by atoms with Crippen LogP contribution in [0.25, 0.3) is 0 Å². The summed E-state index contributed by atoms with van der Waals surface area (Å²) >= 11 is 5.59. The molecule has 0 bridgehead atoms. The highest BCUT2D eigenvalue weighted by Crippen LogP contribution is 2.36. The van der Waals surface area contributed by atoms with Crippen molar-refractivity contribution in [3.63, 3.8) is 0 Å². The minimum absolute atomic E-state index is 0.105. The average Bonchev–Trinajstić information content (AvgIpc) is 2.60. The first-order valence-electron chi connectivity index (χ1n) is 7.60. The van der Waals surface area contributed by atoms with Gasteiger partial charge in [0.15, 0.2) is 23.9 Å². The lowest BCUT2D eigenvalue weighted by Crippen LogP contribution is -2.22. The minimum atomic E-state index is -4.68. The van der Waals surface area contributed by atoms with Gasteiger partial charge in [-0.15, -0.1) is 0 Å². The van der Waals surface area contributed by atoms with E-state index >= 15 is 0 Å². The normalized spacial score (nSPS) is 11.0. The van der Waals surface area contributed by atoms with E-state index in [4.69, 9.17) is 21.1 Å². The van der Waals surface area contributed by atoms with E-state index in [1.54, 1.807) is 0 Å². The Balaban J connectivity index is 2.11. The Bertz CT molecular complexity index is 868. The fraction of sp³-hybridized carbons (Fsp3) is 0.222. The quantitative estimate of drug-likeness (QED) is 0.719. The molecule has 0 aliphatic rings. The van der Waals surface area contributed by atoms with Crippen LogP contribution in [0.5, 0.6) is 11.5 Å². The lowest BCUT2D eigenvalue weighted by Gasteiger charge is -2.15. The molecular weight excluding hydrogens is 387 g/mol. The van der Waals surface area contributed by atoms with Crippen LogP contribution < -0.4 is 14.8 Å². The van der Waals surface area contributed by atoms with Gasteiger partial charge in [0.2, 0.25) is 0 Å². The predicted octanol–water partition coefficient (Wildman–Crippen LogP) is 4.59. The number of rotatable bonds is 6. The standard InChI is InChI=1S/C18H15ClF3NO4/c1-10(24)11-3-6-15(16(7-11)26-2)27-9-17(25)23-14-5-4-12(19)8-13(14)18(20,21)22/h3-8H,9H2,1-2H3,(H,23,25). The Morgan fingerprint density at radius 1 is 1.11 bits per heavy atom. The molecule has 9 heteroatoms. The number of Topliss-reactive ketones (excluding diaryl/α,β-unsaturated/α-hetero) is 1. The highest BCUT2D eigenvalue weighted by molar-refractivity contribution is 6.30. The SMILES string of the molecule is COc1cc(C(C)=O)ccc1OCC(=O)Nc1ccc(Cl)cc1C(F)(F)F. The second-order valence-electron chi connectivity index (χ2n) is 5.45. The number of nitrogens with one attached hydrogen (secondary N) is 1. The lowest BCUT2D eigenvalue weighted by molar-refractivity contribution is -0.137. The summed E-state index contributed by atoms with van der Waals surface area (Å²) in [5.41, 5.74) is -1.11. The summed E-state index contributed by atoms with van der Waals surface area (Å²) in [6.07, 6.45) is -4.68. The summed E-state index contributed by atoms with van der Waals surface area (Å²) in [6, 6.07) is 7.38. The largest absolute Gasteiger partial charge is 0.493 e. The van der Waals surface area contributed by atoms with E-state index in [-0.39, 0.29) is 22.3 Å². The minimum Gasteiger partial charge on any atom is -0.493 e. The second-order valence-corrected chi connectivity index (χ2v) is 5.88. The van der Waals surface area contributed by atoms with Crippen LogP contribution >= 0.6 is 11.6 Å². The molecule has 2 rings (SSSR count). The van der Waals surface area contributed by atoms with Crippen molar-refractivity contribution in [3.8, 4) is 11.5 Å². The zero-order valence-electron chi connectivity index (χ0n) is 14.3. The molecule has 0 aromatic heterocycles. The number of halogens is 4. The van der Waals surface area contributed by atoms with Crippen molar-refractivity contribution in [1.82, 2.24) is 0 Å². The summed E-state index contributed by atoms with van der Waals surface area (Å²) < 4.78 is 49.5. The van der Waals surface area contributed by atoms with Crippen LogP contribution in [-0.2, 0) is 11.0 Å².